The normalized spacial score (nSPS) is 12.5. The molecule has 0 fully saturated rings. The van der Waals surface area contributed by atoms with Crippen molar-refractivity contribution in [1.82, 2.24) is 15.6 Å². The topological polar surface area (TPSA) is 97.4 Å². The lowest BCUT2D eigenvalue weighted by molar-refractivity contribution is -0.145. The molecule has 142 valence electrons. The van der Waals surface area contributed by atoms with Crippen molar-refractivity contribution in [2.45, 2.75) is 31.8 Å². The van der Waals surface area contributed by atoms with Gasteiger partial charge in [-0.1, -0.05) is 30.3 Å². The fourth-order valence-electron chi connectivity index (χ4n) is 2.53. The van der Waals surface area contributed by atoms with Crippen molar-refractivity contribution in [2.75, 3.05) is 7.11 Å². The van der Waals surface area contributed by atoms with Crippen LogP contribution in [0.5, 0.6) is 0 Å². The molecule has 0 bridgehead atoms. The van der Waals surface area contributed by atoms with Crippen molar-refractivity contribution in [3.05, 3.63) is 66.0 Å². The molecule has 0 unspecified atom stereocenters. The van der Waals surface area contributed by atoms with Gasteiger partial charge in [0.2, 0.25) is 11.8 Å². The first-order valence-electron chi connectivity index (χ1n) is 8.60. The van der Waals surface area contributed by atoms with Crippen LogP contribution in [0.4, 0.5) is 0 Å². The standard InChI is InChI=1S/C20H23N3O4/c1-14(22-18(24)13-16-8-10-21-11-9-16)19(25)23-17(20(26)27-2)12-15-6-4-3-5-7-15/h3-11,14,17H,12-13H2,1-2H3,(H,22,24)(H,23,25)/t14-,17-/m0/s1. The number of ether oxygens (including phenoxy) is 1. The summed E-state index contributed by atoms with van der Waals surface area (Å²) >= 11 is 0. The number of methoxy groups -OCH3 is 1. The fourth-order valence-corrected chi connectivity index (χ4v) is 2.53. The number of nitrogens with one attached hydrogen (secondary N) is 2. The molecule has 0 aliphatic heterocycles. The summed E-state index contributed by atoms with van der Waals surface area (Å²) in [6.07, 6.45) is 3.65. The van der Waals surface area contributed by atoms with Gasteiger partial charge in [0, 0.05) is 18.8 Å². The molecule has 2 amide bonds. The van der Waals surface area contributed by atoms with Gasteiger partial charge in [-0.2, -0.15) is 0 Å². The summed E-state index contributed by atoms with van der Waals surface area (Å²) in [5.74, 6) is -1.28. The fraction of sp³-hybridized carbons (Fsp3) is 0.300. The van der Waals surface area contributed by atoms with E-state index in [0.29, 0.717) is 6.42 Å². The summed E-state index contributed by atoms with van der Waals surface area (Å²) in [4.78, 5) is 40.4. The number of aromatic nitrogens is 1. The molecule has 1 aromatic carbocycles. The maximum atomic E-state index is 12.4. The van der Waals surface area contributed by atoms with Gasteiger partial charge in [0.05, 0.1) is 13.5 Å². The molecule has 0 spiro atoms. The Morgan fingerprint density at radius 1 is 1.00 bits per heavy atom. The molecule has 0 saturated carbocycles. The second-order valence-corrected chi connectivity index (χ2v) is 6.10. The van der Waals surface area contributed by atoms with E-state index in [0.717, 1.165) is 11.1 Å². The number of benzene rings is 1. The van der Waals surface area contributed by atoms with E-state index >= 15 is 0 Å². The van der Waals surface area contributed by atoms with Crippen LogP contribution in [-0.2, 0) is 32.0 Å². The highest BCUT2D eigenvalue weighted by atomic mass is 16.5. The molecule has 2 atom stereocenters. The lowest BCUT2D eigenvalue weighted by Crippen LogP contribution is -2.51. The Kier molecular flexibility index (Phi) is 7.49. The number of hydrogen-bond donors (Lipinski definition) is 2. The zero-order valence-corrected chi connectivity index (χ0v) is 15.3. The van der Waals surface area contributed by atoms with E-state index in [-0.39, 0.29) is 12.3 Å². The number of carbonyl (C=O) groups is 3. The van der Waals surface area contributed by atoms with Crippen molar-refractivity contribution in [3.63, 3.8) is 0 Å². The van der Waals surface area contributed by atoms with E-state index in [4.69, 9.17) is 4.74 Å². The van der Waals surface area contributed by atoms with E-state index in [9.17, 15) is 14.4 Å². The highest BCUT2D eigenvalue weighted by Crippen LogP contribution is 2.05. The number of pyridine rings is 1. The lowest BCUT2D eigenvalue weighted by Gasteiger charge is -2.20. The Morgan fingerprint density at radius 3 is 2.30 bits per heavy atom. The van der Waals surface area contributed by atoms with Crippen LogP contribution in [0.1, 0.15) is 18.1 Å². The first-order valence-corrected chi connectivity index (χ1v) is 8.60. The summed E-state index contributed by atoms with van der Waals surface area (Å²) in [6, 6.07) is 11.2. The van der Waals surface area contributed by atoms with E-state index in [1.807, 2.05) is 30.3 Å². The maximum absolute atomic E-state index is 12.4. The first-order chi connectivity index (χ1) is 13.0. The van der Waals surface area contributed by atoms with Gasteiger partial charge in [-0.25, -0.2) is 4.79 Å². The van der Waals surface area contributed by atoms with Crippen LogP contribution in [-0.4, -0.2) is 42.0 Å². The summed E-state index contributed by atoms with van der Waals surface area (Å²) < 4.78 is 4.78. The Morgan fingerprint density at radius 2 is 1.67 bits per heavy atom. The predicted molar refractivity (Wildman–Crippen MR) is 99.6 cm³/mol. The number of rotatable bonds is 8. The van der Waals surface area contributed by atoms with Crippen molar-refractivity contribution >= 4 is 17.8 Å². The number of amides is 2. The van der Waals surface area contributed by atoms with Gasteiger partial charge < -0.3 is 15.4 Å². The van der Waals surface area contributed by atoms with Gasteiger partial charge in [0.25, 0.3) is 0 Å². The smallest absolute Gasteiger partial charge is 0.328 e. The third kappa shape index (κ3) is 6.54. The molecule has 2 N–H and O–H groups in total. The molecule has 27 heavy (non-hydrogen) atoms. The minimum absolute atomic E-state index is 0.143. The van der Waals surface area contributed by atoms with Gasteiger partial charge in [-0.15, -0.1) is 0 Å². The summed E-state index contributed by atoms with van der Waals surface area (Å²) in [6.45, 7) is 1.57. The largest absolute Gasteiger partial charge is 0.467 e. The zero-order valence-electron chi connectivity index (χ0n) is 15.3. The van der Waals surface area contributed by atoms with Crippen LogP contribution in [0.25, 0.3) is 0 Å². The Labute approximate surface area is 158 Å². The SMILES string of the molecule is COC(=O)[C@H](Cc1ccccc1)NC(=O)[C@H](C)NC(=O)Cc1ccncc1. The number of hydrogen-bond acceptors (Lipinski definition) is 5. The molecule has 2 aromatic rings. The average molecular weight is 369 g/mol. The van der Waals surface area contributed by atoms with E-state index < -0.39 is 24.0 Å². The van der Waals surface area contributed by atoms with E-state index in [2.05, 4.69) is 15.6 Å². The molecule has 0 aliphatic carbocycles. The van der Waals surface area contributed by atoms with Crippen molar-refractivity contribution in [1.29, 1.82) is 0 Å². The Bertz CT molecular complexity index is 765. The maximum Gasteiger partial charge on any atom is 0.328 e. The first kappa shape index (κ1) is 20.1. The molecular weight excluding hydrogens is 346 g/mol. The van der Waals surface area contributed by atoms with Gasteiger partial charge in [-0.05, 0) is 30.2 Å². The number of esters is 1. The molecule has 2 rings (SSSR count). The van der Waals surface area contributed by atoms with Crippen LogP contribution in [0.2, 0.25) is 0 Å². The zero-order chi connectivity index (χ0) is 19.6. The second-order valence-electron chi connectivity index (χ2n) is 6.10. The molecule has 0 radical (unpaired) electrons. The van der Waals surface area contributed by atoms with Crippen molar-refractivity contribution < 1.29 is 19.1 Å². The second kappa shape index (κ2) is 10.1. The van der Waals surface area contributed by atoms with Crippen LogP contribution in [0.15, 0.2) is 54.9 Å². The van der Waals surface area contributed by atoms with Gasteiger partial charge in [0.1, 0.15) is 12.1 Å². The minimum Gasteiger partial charge on any atom is -0.467 e. The van der Waals surface area contributed by atoms with Crippen LogP contribution >= 0.6 is 0 Å². The summed E-state index contributed by atoms with van der Waals surface area (Å²) in [5.41, 5.74) is 1.69. The van der Waals surface area contributed by atoms with Crippen LogP contribution < -0.4 is 10.6 Å². The summed E-state index contributed by atoms with van der Waals surface area (Å²) in [5, 5.41) is 5.28. The van der Waals surface area contributed by atoms with Gasteiger partial charge in [0.15, 0.2) is 0 Å². The van der Waals surface area contributed by atoms with E-state index in [1.54, 1.807) is 31.5 Å². The van der Waals surface area contributed by atoms with E-state index in [1.165, 1.54) is 7.11 Å². The molecule has 1 heterocycles. The minimum atomic E-state index is -0.829. The molecule has 7 nitrogen and oxygen atoms in total. The highest BCUT2D eigenvalue weighted by Gasteiger charge is 2.25. The molecule has 1 aromatic heterocycles. The van der Waals surface area contributed by atoms with Crippen LogP contribution in [0.3, 0.4) is 0 Å². The third-order valence-electron chi connectivity index (χ3n) is 3.97. The molecular formula is C20H23N3O4. The molecule has 0 saturated heterocycles. The van der Waals surface area contributed by atoms with Crippen molar-refractivity contribution in [2.24, 2.45) is 0 Å². The molecule has 0 aliphatic rings. The molecule has 7 heteroatoms. The predicted octanol–water partition coefficient (Wildman–Crippen LogP) is 1.03. The van der Waals surface area contributed by atoms with Gasteiger partial charge in [-0.3, -0.25) is 14.6 Å². The van der Waals surface area contributed by atoms with Gasteiger partial charge >= 0.3 is 5.97 Å². The van der Waals surface area contributed by atoms with Crippen molar-refractivity contribution in [3.8, 4) is 0 Å². The third-order valence-corrected chi connectivity index (χ3v) is 3.97. The lowest BCUT2D eigenvalue weighted by atomic mass is 10.1. The average Bonchev–Trinajstić information content (AvgIpc) is 2.68. The number of nitrogens with zero attached hydrogens (tertiary/aromatic N) is 1. The summed E-state index contributed by atoms with van der Waals surface area (Å²) in [7, 11) is 1.27. The highest BCUT2D eigenvalue weighted by molar-refractivity contribution is 5.91. The quantitative estimate of drug-likeness (QED) is 0.678. The van der Waals surface area contributed by atoms with Crippen LogP contribution in [0, 0.1) is 0 Å². The monoisotopic (exact) mass is 369 g/mol. The Hall–Kier alpha value is -3.22. The Balaban J connectivity index is 1.92. The number of carbonyl (C=O) groups excluding carboxylic acids is 3.